The number of rotatable bonds is 7. The van der Waals surface area contributed by atoms with Gasteiger partial charge in [-0.2, -0.15) is 5.10 Å². The molecule has 21 heavy (non-hydrogen) atoms. The zero-order chi connectivity index (χ0) is 15.1. The minimum absolute atomic E-state index is 0.256. The first-order valence-electron chi connectivity index (χ1n) is 8.06. The molecule has 1 aliphatic heterocycles. The number of hydrogen-bond acceptors (Lipinski definition) is 6. The highest BCUT2D eigenvalue weighted by atomic mass is 16.3. The molecule has 6 heteroatoms. The number of aliphatic hydroxyl groups is 1. The third kappa shape index (κ3) is 4.61. The Labute approximate surface area is 127 Å². The van der Waals surface area contributed by atoms with E-state index in [-0.39, 0.29) is 6.61 Å². The monoisotopic (exact) mass is 293 g/mol. The minimum atomic E-state index is 0.256. The Balaban J connectivity index is 1.81. The van der Waals surface area contributed by atoms with Crippen LogP contribution in [0.1, 0.15) is 38.1 Å². The molecule has 1 aromatic heterocycles. The lowest BCUT2D eigenvalue weighted by molar-refractivity contribution is 0.151. The molecule has 0 unspecified atom stereocenters. The van der Waals surface area contributed by atoms with E-state index < -0.39 is 0 Å². The molecular weight excluding hydrogens is 266 g/mol. The Hall–Kier alpha value is -1.27. The molecule has 1 aliphatic rings. The number of β-amino-alcohol motifs (C(OH)–C–C–N with tert-alkyl or cyclic N) is 1. The summed E-state index contributed by atoms with van der Waals surface area (Å²) < 4.78 is 0. The molecule has 0 bridgehead atoms. The molecule has 0 aromatic carbocycles. The maximum absolute atomic E-state index is 8.95. The average molecular weight is 293 g/mol. The van der Waals surface area contributed by atoms with Gasteiger partial charge in [-0.15, -0.1) is 5.10 Å². The van der Waals surface area contributed by atoms with Crippen molar-refractivity contribution < 1.29 is 5.11 Å². The van der Waals surface area contributed by atoms with Crippen molar-refractivity contribution in [2.45, 2.75) is 39.5 Å². The number of nitrogens with one attached hydrogen (secondary N) is 1. The van der Waals surface area contributed by atoms with Gasteiger partial charge in [-0.1, -0.05) is 13.8 Å². The molecule has 0 aliphatic carbocycles. The van der Waals surface area contributed by atoms with Gasteiger partial charge in [-0.25, -0.2) is 4.98 Å². The molecule has 6 nitrogen and oxygen atoms in total. The van der Waals surface area contributed by atoms with Gasteiger partial charge in [0.1, 0.15) is 0 Å². The lowest BCUT2D eigenvalue weighted by Gasteiger charge is -2.31. The van der Waals surface area contributed by atoms with E-state index in [0.29, 0.717) is 11.9 Å². The van der Waals surface area contributed by atoms with Crippen molar-refractivity contribution in [1.29, 1.82) is 0 Å². The van der Waals surface area contributed by atoms with Crippen LogP contribution < -0.4 is 5.32 Å². The van der Waals surface area contributed by atoms with E-state index in [0.717, 1.165) is 63.3 Å². The van der Waals surface area contributed by atoms with Crippen LogP contribution in [-0.4, -0.2) is 58.0 Å². The van der Waals surface area contributed by atoms with Crippen LogP contribution in [-0.2, 0) is 12.8 Å². The molecule has 0 amide bonds. The molecule has 0 spiro atoms. The molecule has 1 saturated heterocycles. The Morgan fingerprint density at radius 1 is 1.14 bits per heavy atom. The van der Waals surface area contributed by atoms with Crippen molar-refractivity contribution in [1.82, 2.24) is 20.1 Å². The summed E-state index contributed by atoms with van der Waals surface area (Å²) >= 11 is 0. The topological polar surface area (TPSA) is 74.2 Å². The molecule has 0 atom stereocenters. The number of nitrogens with zero attached hydrogens (tertiary/aromatic N) is 4. The van der Waals surface area contributed by atoms with E-state index in [1.54, 1.807) is 0 Å². The Kier molecular flexibility index (Phi) is 6.32. The van der Waals surface area contributed by atoms with Gasteiger partial charge in [0, 0.05) is 13.1 Å². The maximum atomic E-state index is 8.95. The van der Waals surface area contributed by atoms with Crippen LogP contribution in [0, 0.1) is 5.92 Å². The lowest BCUT2D eigenvalue weighted by atomic mass is 9.97. The standard InChI is InChI=1S/C15H27N5O/c1-3-13-14(4-2)18-19-15(17-13)16-11-12-5-7-20(8-6-12)9-10-21/h12,21H,3-11H2,1-2H3,(H,16,17,19). The third-order valence-electron chi connectivity index (χ3n) is 4.18. The minimum Gasteiger partial charge on any atom is -0.395 e. The van der Waals surface area contributed by atoms with Crippen molar-refractivity contribution in [3.05, 3.63) is 11.4 Å². The van der Waals surface area contributed by atoms with E-state index in [2.05, 4.69) is 39.2 Å². The molecule has 2 rings (SSSR count). The quantitative estimate of drug-likeness (QED) is 0.784. The summed E-state index contributed by atoms with van der Waals surface area (Å²) in [7, 11) is 0. The van der Waals surface area contributed by atoms with E-state index in [4.69, 9.17) is 5.11 Å². The summed E-state index contributed by atoms with van der Waals surface area (Å²) in [4.78, 5) is 6.88. The predicted octanol–water partition coefficient (Wildman–Crippen LogP) is 1.11. The second-order valence-electron chi connectivity index (χ2n) is 5.63. The van der Waals surface area contributed by atoms with Gasteiger partial charge < -0.3 is 15.3 Å². The second kappa shape index (κ2) is 8.24. The van der Waals surface area contributed by atoms with Gasteiger partial charge >= 0.3 is 0 Å². The van der Waals surface area contributed by atoms with Crippen molar-refractivity contribution in [2.75, 3.05) is 38.1 Å². The van der Waals surface area contributed by atoms with Crippen LogP contribution in [0.25, 0.3) is 0 Å². The second-order valence-corrected chi connectivity index (χ2v) is 5.63. The molecule has 2 heterocycles. The number of anilines is 1. The first-order valence-corrected chi connectivity index (χ1v) is 8.06. The molecule has 1 fully saturated rings. The normalized spacial score (nSPS) is 17.1. The zero-order valence-electron chi connectivity index (χ0n) is 13.2. The molecule has 0 radical (unpaired) electrons. The number of aromatic nitrogens is 3. The first kappa shape index (κ1) is 16.1. The Bertz CT molecular complexity index is 432. The summed E-state index contributed by atoms with van der Waals surface area (Å²) in [6, 6.07) is 0. The van der Waals surface area contributed by atoms with E-state index in [9.17, 15) is 0 Å². The molecule has 118 valence electrons. The summed E-state index contributed by atoms with van der Waals surface area (Å²) in [5.74, 6) is 1.31. The maximum Gasteiger partial charge on any atom is 0.242 e. The summed E-state index contributed by atoms with van der Waals surface area (Å²) in [6.45, 7) is 8.28. The van der Waals surface area contributed by atoms with Crippen LogP contribution in [0.4, 0.5) is 5.95 Å². The number of aryl methyl sites for hydroxylation is 2. The molecule has 2 N–H and O–H groups in total. The van der Waals surface area contributed by atoms with Gasteiger partial charge in [0.05, 0.1) is 18.0 Å². The van der Waals surface area contributed by atoms with Crippen LogP contribution in [0.5, 0.6) is 0 Å². The van der Waals surface area contributed by atoms with Crippen LogP contribution in [0.15, 0.2) is 0 Å². The highest BCUT2D eigenvalue weighted by Gasteiger charge is 2.18. The van der Waals surface area contributed by atoms with Crippen molar-refractivity contribution in [2.24, 2.45) is 5.92 Å². The van der Waals surface area contributed by atoms with Crippen molar-refractivity contribution in [3.8, 4) is 0 Å². The fourth-order valence-corrected chi connectivity index (χ4v) is 2.80. The van der Waals surface area contributed by atoms with E-state index >= 15 is 0 Å². The highest BCUT2D eigenvalue weighted by Crippen LogP contribution is 2.17. The van der Waals surface area contributed by atoms with Crippen LogP contribution >= 0.6 is 0 Å². The summed E-state index contributed by atoms with van der Waals surface area (Å²) in [6.07, 6.45) is 4.10. The number of piperidine rings is 1. The highest BCUT2D eigenvalue weighted by molar-refractivity contribution is 5.25. The largest absolute Gasteiger partial charge is 0.395 e. The van der Waals surface area contributed by atoms with Crippen LogP contribution in [0.3, 0.4) is 0 Å². The van der Waals surface area contributed by atoms with Gasteiger partial charge in [0.2, 0.25) is 5.95 Å². The predicted molar refractivity (Wildman–Crippen MR) is 83.3 cm³/mol. The average Bonchev–Trinajstić information content (AvgIpc) is 2.54. The lowest BCUT2D eigenvalue weighted by Crippen LogP contribution is -2.37. The SMILES string of the molecule is CCc1nnc(NCC2CCN(CCO)CC2)nc1CC. The van der Waals surface area contributed by atoms with E-state index in [1.165, 1.54) is 0 Å². The Morgan fingerprint density at radius 3 is 2.48 bits per heavy atom. The van der Waals surface area contributed by atoms with Gasteiger partial charge in [0.25, 0.3) is 0 Å². The fraction of sp³-hybridized carbons (Fsp3) is 0.800. The third-order valence-corrected chi connectivity index (χ3v) is 4.18. The number of hydrogen-bond donors (Lipinski definition) is 2. The Morgan fingerprint density at radius 2 is 1.86 bits per heavy atom. The van der Waals surface area contributed by atoms with Gasteiger partial charge in [0.15, 0.2) is 0 Å². The molecule has 0 saturated carbocycles. The number of aliphatic hydroxyl groups excluding tert-OH is 1. The summed E-state index contributed by atoms with van der Waals surface area (Å²) in [5, 5.41) is 20.7. The molecular formula is C15H27N5O. The smallest absolute Gasteiger partial charge is 0.242 e. The molecule has 1 aromatic rings. The first-order chi connectivity index (χ1) is 10.3. The summed E-state index contributed by atoms with van der Waals surface area (Å²) in [5.41, 5.74) is 2.05. The van der Waals surface area contributed by atoms with Crippen molar-refractivity contribution in [3.63, 3.8) is 0 Å². The fourth-order valence-electron chi connectivity index (χ4n) is 2.80. The van der Waals surface area contributed by atoms with E-state index in [1.807, 2.05) is 0 Å². The number of likely N-dealkylation sites (tertiary alicyclic amines) is 1. The zero-order valence-corrected chi connectivity index (χ0v) is 13.2. The van der Waals surface area contributed by atoms with Gasteiger partial charge in [-0.3, -0.25) is 0 Å². The van der Waals surface area contributed by atoms with Gasteiger partial charge in [-0.05, 0) is 44.7 Å². The van der Waals surface area contributed by atoms with Crippen LogP contribution in [0.2, 0.25) is 0 Å². The van der Waals surface area contributed by atoms with Crippen molar-refractivity contribution >= 4 is 5.95 Å².